The van der Waals surface area contributed by atoms with Gasteiger partial charge in [0.2, 0.25) is 5.79 Å². The molecule has 9 heteroatoms. The fourth-order valence-corrected chi connectivity index (χ4v) is 9.29. The monoisotopic (exact) mass is 540 g/mol. The molecule has 1 aromatic carbocycles. The number of benzene rings is 1. The van der Waals surface area contributed by atoms with Gasteiger partial charge in [-0.25, -0.2) is 4.79 Å². The second kappa shape index (κ2) is 8.38. The highest BCUT2D eigenvalue weighted by molar-refractivity contribution is 6.05. The van der Waals surface area contributed by atoms with Crippen LogP contribution in [0.4, 0.5) is 0 Å². The number of fused-ring (bicyclic) bond motifs is 2. The lowest BCUT2D eigenvalue weighted by Crippen LogP contribution is -2.86. The van der Waals surface area contributed by atoms with Gasteiger partial charge in [-0.1, -0.05) is 20.4 Å². The topological polar surface area (TPSA) is 129 Å². The summed E-state index contributed by atoms with van der Waals surface area (Å²) in [5.74, 6) is -4.93. The van der Waals surface area contributed by atoms with Gasteiger partial charge in [-0.05, 0) is 66.9 Å². The molecule has 39 heavy (non-hydrogen) atoms. The Morgan fingerprint density at radius 3 is 2.44 bits per heavy atom. The van der Waals surface area contributed by atoms with Crippen molar-refractivity contribution in [2.24, 2.45) is 34.0 Å². The molecule has 0 amide bonds. The Morgan fingerprint density at radius 2 is 1.79 bits per heavy atom. The van der Waals surface area contributed by atoms with Crippen LogP contribution in [0.25, 0.3) is 0 Å². The molecule has 1 unspecified atom stereocenters. The lowest BCUT2D eigenvalue weighted by atomic mass is 9.35. The Bertz CT molecular complexity index is 1250. The second-order valence-corrected chi connectivity index (χ2v) is 12.7. The largest absolute Gasteiger partial charge is 0.497 e. The molecule has 6 aliphatic rings. The number of aliphatic hydroxyl groups excluding tert-OH is 1. The predicted molar refractivity (Wildman–Crippen MR) is 136 cm³/mol. The molecule has 2 N–H and O–H groups in total. The fraction of sp³-hybridized carbons (Fsp3) is 0.633. The van der Waals surface area contributed by atoms with Crippen molar-refractivity contribution in [2.75, 3.05) is 13.7 Å². The van der Waals surface area contributed by atoms with Gasteiger partial charge < -0.3 is 29.2 Å². The Hall–Kier alpha value is -2.75. The third-order valence-electron chi connectivity index (χ3n) is 10.7. The highest BCUT2D eigenvalue weighted by Crippen LogP contribution is 2.77. The quantitative estimate of drug-likeness (QED) is 0.438. The number of aliphatic hydroxyl groups is 2. The molecule has 6 fully saturated rings. The molecule has 9 atom stereocenters. The molecule has 210 valence electrons. The fourth-order valence-electron chi connectivity index (χ4n) is 9.29. The van der Waals surface area contributed by atoms with Crippen LogP contribution in [0.5, 0.6) is 5.75 Å². The van der Waals surface area contributed by atoms with Crippen LogP contribution in [-0.2, 0) is 23.8 Å². The average molecular weight is 541 g/mol. The normalized spacial score (nSPS) is 43.3. The molecule has 2 saturated heterocycles. The van der Waals surface area contributed by atoms with E-state index in [2.05, 4.69) is 6.58 Å². The van der Waals surface area contributed by atoms with Gasteiger partial charge in [-0.2, -0.15) is 0 Å². The molecule has 4 aliphatic carbocycles. The number of hydrogen-bond acceptors (Lipinski definition) is 9. The van der Waals surface area contributed by atoms with Crippen molar-refractivity contribution in [3.05, 3.63) is 42.0 Å². The minimum atomic E-state index is -2.31. The first-order valence-corrected chi connectivity index (χ1v) is 13.7. The van der Waals surface area contributed by atoms with Crippen molar-refractivity contribution in [2.45, 2.75) is 70.6 Å². The van der Waals surface area contributed by atoms with Gasteiger partial charge >= 0.3 is 11.9 Å². The van der Waals surface area contributed by atoms with Crippen LogP contribution in [0.2, 0.25) is 0 Å². The van der Waals surface area contributed by atoms with Gasteiger partial charge in [0, 0.05) is 24.2 Å². The van der Waals surface area contributed by atoms with Crippen molar-refractivity contribution in [3.63, 3.8) is 0 Å². The number of carbonyl (C=O) groups is 3. The van der Waals surface area contributed by atoms with Crippen LogP contribution >= 0.6 is 0 Å². The smallest absolute Gasteiger partial charge is 0.338 e. The lowest BCUT2D eigenvalue weighted by molar-refractivity contribution is -0.457. The van der Waals surface area contributed by atoms with Crippen molar-refractivity contribution in [3.8, 4) is 5.75 Å². The molecule has 4 saturated carbocycles. The van der Waals surface area contributed by atoms with Crippen LogP contribution in [0.3, 0.4) is 0 Å². The minimum absolute atomic E-state index is 0.0165. The van der Waals surface area contributed by atoms with Gasteiger partial charge in [-0.3, -0.25) is 9.59 Å². The number of esters is 2. The summed E-state index contributed by atoms with van der Waals surface area (Å²) in [6, 6.07) is 6.41. The summed E-state index contributed by atoms with van der Waals surface area (Å²) in [5.41, 5.74) is -2.68. The minimum Gasteiger partial charge on any atom is -0.497 e. The Labute approximate surface area is 227 Å². The maximum absolute atomic E-state index is 14.3. The summed E-state index contributed by atoms with van der Waals surface area (Å²) in [5, 5.41) is 24.3. The molecule has 2 spiro atoms. The SMILES string of the molecule is C=C1C(=O)[C@]23[C@H](OC(=O)c4ccc(OC)cc4)[C@H]1CC[C@H]2[C@@]12CO[C@@]3(O)[C@@H](O)[C@@H]1C(C)(C)CCC2OC(C)=O. The molecule has 2 aliphatic heterocycles. The third-order valence-corrected chi connectivity index (χ3v) is 10.7. The number of ether oxygens (including phenoxy) is 4. The zero-order valence-corrected chi connectivity index (χ0v) is 22.8. The molecule has 0 aromatic heterocycles. The molecule has 7 rings (SSSR count). The predicted octanol–water partition coefficient (Wildman–Crippen LogP) is 2.82. The Kier molecular flexibility index (Phi) is 5.69. The molecule has 9 nitrogen and oxygen atoms in total. The first kappa shape index (κ1) is 26.5. The van der Waals surface area contributed by atoms with Gasteiger partial charge in [0.1, 0.15) is 29.5 Å². The van der Waals surface area contributed by atoms with E-state index in [9.17, 15) is 24.6 Å². The first-order chi connectivity index (χ1) is 18.4. The van der Waals surface area contributed by atoms with Gasteiger partial charge in [0.25, 0.3) is 0 Å². The highest BCUT2D eigenvalue weighted by Gasteiger charge is 2.88. The standard InChI is InChI=1S/C30H36O9/c1-15-19-10-11-20-28-14-37-30(35,24(33)22(28)27(3,4)13-12-21(28)38-16(2)31)29(20,23(15)32)25(19)39-26(34)17-6-8-18(36-5)9-7-17/h6-9,19-22,24-25,33,35H,1,10-14H2,2-5H3/t19-,20-,21?,22+,24-,25+,28+,29-,30-/m0/s1. The number of ketones is 1. The molecule has 4 bridgehead atoms. The van der Waals surface area contributed by atoms with Gasteiger partial charge in [0.05, 0.1) is 19.3 Å². The molecular formula is C30H36O9. The summed E-state index contributed by atoms with van der Waals surface area (Å²) in [4.78, 5) is 40.0. The van der Waals surface area contributed by atoms with Gasteiger partial charge in [0.15, 0.2) is 5.78 Å². The average Bonchev–Trinajstić information content (AvgIpc) is 3.01. The molecule has 1 aromatic rings. The van der Waals surface area contributed by atoms with E-state index in [1.807, 2.05) is 13.8 Å². The number of Topliss-reactive ketones (excluding diaryl/α,β-unsaturated/α-hetero) is 1. The van der Waals surface area contributed by atoms with E-state index in [1.165, 1.54) is 14.0 Å². The summed E-state index contributed by atoms with van der Waals surface area (Å²) < 4.78 is 23.4. The summed E-state index contributed by atoms with van der Waals surface area (Å²) in [6.07, 6.45) is -1.02. The number of hydrogen-bond donors (Lipinski definition) is 2. The number of rotatable bonds is 4. The van der Waals surface area contributed by atoms with Crippen LogP contribution in [-0.4, -0.2) is 65.8 Å². The molecule has 2 heterocycles. The highest BCUT2D eigenvalue weighted by atomic mass is 16.7. The number of carbonyl (C=O) groups excluding carboxylic acids is 3. The van der Waals surface area contributed by atoms with Crippen LogP contribution < -0.4 is 4.74 Å². The molecular weight excluding hydrogens is 504 g/mol. The van der Waals surface area contributed by atoms with E-state index < -0.39 is 75.8 Å². The molecule has 0 radical (unpaired) electrons. The van der Waals surface area contributed by atoms with E-state index in [1.54, 1.807) is 24.3 Å². The zero-order chi connectivity index (χ0) is 28.1. The van der Waals surface area contributed by atoms with Crippen LogP contribution in [0.15, 0.2) is 36.4 Å². The maximum atomic E-state index is 14.3. The van der Waals surface area contributed by atoms with E-state index in [0.29, 0.717) is 31.4 Å². The Balaban J connectivity index is 1.51. The van der Waals surface area contributed by atoms with Gasteiger partial charge in [-0.15, -0.1) is 0 Å². The van der Waals surface area contributed by atoms with Crippen molar-refractivity contribution < 1.29 is 43.5 Å². The first-order valence-electron chi connectivity index (χ1n) is 13.7. The van der Waals surface area contributed by atoms with Crippen molar-refractivity contribution in [1.82, 2.24) is 0 Å². The van der Waals surface area contributed by atoms with Crippen molar-refractivity contribution >= 4 is 17.7 Å². The van der Waals surface area contributed by atoms with E-state index in [4.69, 9.17) is 18.9 Å². The Morgan fingerprint density at radius 1 is 1.10 bits per heavy atom. The third kappa shape index (κ3) is 3.09. The lowest BCUT2D eigenvalue weighted by Gasteiger charge is -2.74. The van der Waals surface area contributed by atoms with Crippen LogP contribution in [0, 0.1) is 34.0 Å². The number of methoxy groups -OCH3 is 1. The summed E-state index contributed by atoms with van der Waals surface area (Å²) >= 11 is 0. The maximum Gasteiger partial charge on any atom is 0.338 e. The van der Waals surface area contributed by atoms with Crippen molar-refractivity contribution in [1.29, 1.82) is 0 Å². The second-order valence-electron chi connectivity index (χ2n) is 12.7. The summed E-state index contributed by atoms with van der Waals surface area (Å²) in [6.45, 7) is 9.49. The van der Waals surface area contributed by atoms with E-state index in [-0.39, 0.29) is 17.7 Å². The van der Waals surface area contributed by atoms with Crippen LogP contribution in [0.1, 0.15) is 56.8 Å². The van der Waals surface area contributed by atoms with E-state index in [0.717, 1.165) is 0 Å². The summed E-state index contributed by atoms with van der Waals surface area (Å²) in [7, 11) is 1.52. The van der Waals surface area contributed by atoms with E-state index >= 15 is 0 Å². The zero-order valence-electron chi connectivity index (χ0n) is 22.8.